The summed E-state index contributed by atoms with van der Waals surface area (Å²) < 4.78 is 4.86. The van der Waals surface area contributed by atoms with Gasteiger partial charge in [0.25, 0.3) is 5.91 Å². The molecule has 0 fully saturated rings. The molecule has 0 aromatic heterocycles. The second kappa shape index (κ2) is 11.6. The summed E-state index contributed by atoms with van der Waals surface area (Å²) in [6.45, 7) is 10.3. The molecule has 2 rings (SSSR count). The molecule has 0 saturated heterocycles. The molecule has 2 aromatic carbocycles. The molecule has 178 valence electrons. The van der Waals surface area contributed by atoms with Crippen LogP contribution in [0.3, 0.4) is 0 Å². The molecule has 2 unspecified atom stereocenters. The lowest BCUT2D eigenvalue weighted by molar-refractivity contribution is -0.145. The van der Waals surface area contributed by atoms with Gasteiger partial charge in [-0.2, -0.15) is 0 Å². The van der Waals surface area contributed by atoms with Crippen LogP contribution in [0.4, 0.5) is 0 Å². The lowest BCUT2D eigenvalue weighted by Crippen LogP contribution is -2.53. The summed E-state index contributed by atoms with van der Waals surface area (Å²) in [6, 6.07) is 15.2. The van der Waals surface area contributed by atoms with Crippen molar-refractivity contribution >= 4 is 17.8 Å². The van der Waals surface area contributed by atoms with Gasteiger partial charge in [0.1, 0.15) is 12.1 Å². The normalized spacial score (nSPS) is 13.2. The molecule has 2 aromatic rings. The standard InChI is InChI=1S/C27H36N2O4/c1-18(2)16-23(26(32)33-6)29-25(31)22(17-19-10-8-7-9-11-19)28-24(30)20-12-14-21(15-13-20)27(3,4)5/h7-15,18,22-23H,16-17H2,1-6H3,(H,28,30)(H,29,31). The van der Waals surface area contributed by atoms with E-state index < -0.39 is 24.0 Å². The van der Waals surface area contributed by atoms with Gasteiger partial charge in [-0.25, -0.2) is 4.79 Å². The van der Waals surface area contributed by atoms with Crippen LogP contribution in [0.5, 0.6) is 0 Å². The third-order valence-corrected chi connectivity index (χ3v) is 5.43. The van der Waals surface area contributed by atoms with Crippen molar-refractivity contribution in [1.82, 2.24) is 10.6 Å². The highest BCUT2D eigenvalue weighted by molar-refractivity contribution is 5.98. The van der Waals surface area contributed by atoms with Crippen LogP contribution in [-0.4, -0.2) is 37.0 Å². The second-order valence-corrected chi connectivity index (χ2v) is 9.76. The van der Waals surface area contributed by atoms with Crippen LogP contribution < -0.4 is 10.6 Å². The Kier molecular flexibility index (Phi) is 9.21. The van der Waals surface area contributed by atoms with Gasteiger partial charge >= 0.3 is 5.97 Å². The average Bonchev–Trinajstić information content (AvgIpc) is 2.77. The van der Waals surface area contributed by atoms with Crippen molar-refractivity contribution in [1.29, 1.82) is 0 Å². The Morgan fingerprint density at radius 2 is 1.48 bits per heavy atom. The molecule has 6 heteroatoms. The van der Waals surface area contributed by atoms with E-state index in [-0.39, 0.29) is 17.2 Å². The Hall–Kier alpha value is -3.15. The van der Waals surface area contributed by atoms with Crippen LogP contribution in [0.15, 0.2) is 54.6 Å². The molecule has 2 atom stereocenters. The molecule has 2 amide bonds. The van der Waals surface area contributed by atoms with Crippen LogP contribution >= 0.6 is 0 Å². The van der Waals surface area contributed by atoms with E-state index in [0.29, 0.717) is 18.4 Å². The zero-order valence-corrected chi connectivity index (χ0v) is 20.5. The lowest BCUT2D eigenvalue weighted by atomic mass is 9.86. The maximum Gasteiger partial charge on any atom is 0.328 e. The second-order valence-electron chi connectivity index (χ2n) is 9.76. The van der Waals surface area contributed by atoms with E-state index in [1.54, 1.807) is 12.1 Å². The molecule has 6 nitrogen and oxygen atoms in total. The van der Waals surface area contributed by atoms with Crippen molar-refractivity contribution in [2.24, 2.45) is 5.92 Å². The van der Waals surface area contributed by atoms with Crippen LogP contribution in [0.25, 0.3) is 0 Å². The first-order chi connectivity index (χ1) is 15.5. The van der Waals surface area contributed by atoms with Crippen molar-refractivity contribution in [2.75, 3.05) is 7.11 Å². The summed E-state index contributed by atoms with van der Waals surface area (Å²) in [5.41, 5.74) is 2.47. The minimum atomic E-state index is -0.846. The van der Waals surface area contributed by atoms with E-state index in [1.807, 2.05) is 56.3 Å². The molecule has 0 bridgehead atoms. The number of hydrogen-bond acceptors (Lipinski definition) is 4. The number of carbonyl (C=O) groups is 3. The van der Waals surface area contributed by atoms with E-state index in [1.165, 1.54) is 7.11 Å². The number of hydrogen-bond donors (Lipinski definition) is 2. The van der Waals surface area contributed by atoms with Crippen LogP contribution in [0.1, 0.15) is 62.5 Å². The van der Waals surface area contributed by atoms with E-state index in [2.05, 4.69) is 31.4 Å². The topological polar surface area (TPSA) is 84.5 Å². The summed E-state index contributed by atoms with van der Waals surface area (Å²) in [4.78, 5) is 38.4. The number of rotatable bonds is 9. The molecule has 0 aliphatic rings. The molecule has 0 saturated carbocycles. The maximum absolute atomic E-state index is 13.2. The summed E-state index contributed by atoms with van der Waals surface area (Å²) >= 11 is 0. The zero-order chi connectivity index (χ0) is 24.6. The quantitative estimate of drug-likeness (QED) is 0.563. The Bertz CT molecular complexity index is 931. The van der Waals surface area contributed by atoms with Gasteiger partial charge in [-0.05, 0) is 41.0 Å². The van der Waals surface area contributed by atoms with Crippen LogP contribution in [0.2, 0.25) is 0 Å². The molecular weight excluding hydrogens is 416 g/mol. The van der Waals surface area contributed by atoms with Gasteiger partial charge < -0.3 is 15.4 Å². The Morgan fingerprint density at radius 1 is 0.879 bits per heavy atom. The van der Waals surface area contributed by atoms with E-state index in [4.69, 9.17) is 4.74 Å². The monoisotopic (exact) mass is 452 g/mol. The molecule has 0 heterocycles. The highest BCUT2D eigenvalue weighted by atomic mass is 16.5. The van der Waals surface area contributed by atoms with E-state index in [9.17, 15) is 14.4 Å². The van der Waals surface area contributed by atoms with Gasteiger partial charge in [-0.15, -0.1) is 0 Å². The Labute approximate surface area is 197 Å². The SMILES string of the molecule is COC(=O)C(CC(C)C)NC(=O)C(Cc1ccccc1)NC(=O)c1ccc(C(C)(C)C)cc1. The van der Waals surface area contributed by atoms with Gasteiger partial charge in [0.05, 0.1) is 7.11 Å². The molecular formula is C27H36N2O4. The molecule has 33 heavy (non-hydrogen) atoms. The predicted molar refractivity (Wildman–Crippen MR) is 130 cm³/mol. The van der Waals surface area contributed by atoms with Gasteiger partial charge in [-0.1, -0.05) is 77.1 Å². The average molecular weight is 453 g/mol. The smallest absolute Gasteiger partial charge is 0.328 e. The summed E-state index contributed by atoms with van der Waals surface area (Å²) in [7, 11) is 1.30. The highest BCUT2D eigenvalue weighted by Gasteiger charge is 2.28. The van der Waals surface area contributed by atoms with Gasteiger partial charge in [0.15, 0.2) is 0 Å². The number of amides is 2. The maximum atomic E-state index is 13.2. The first-order valence-electron chi connectivity index (χ1n) is 11.3. The van der Waals surface area contributed by atoms with Gasteiger partial charge in [-0.3, -0.25) is 9.59 Å². The number of methoxy groups -OCH3 is 1. The third kappa shape index (κ3) is 8.04. The van der Waals surface area contributed by atoms with Crippen LogP contribution in [-0.2, 0) is 26.2 Å². The predicted octanol–water partition coefficient (Wildman–Crippen LogP) is 4.03. The minimum Gasteiger partial charge on any atom is -0.467 e. The van der Waals surface area contributed by atoms with Crippen molar-refractivity contribution in [3.8, 4) is 0 Å². The third-order valence-electron chi connectivity index (χ3n) is 5.43. The number of nitrogens with one attached hydrogen (secondary N) is 2. The number of carbonyl (C=O) groups excluding carboxylic acids is 3. The molecule has 0 aliphatic carbocycles. The fourth-order valence-electron chi connectivity index (χ4n) is 3.52. The first kappa shape index (κ1) is 26.1. The highest BCUT2D eigenvalue weighted by Crippen LogP contribution is 2.22. The molecule has 0 spiro atoms. The van der Waals surface area contributed by atoms with Crippen molar-refractivity contribution < 1.29 is 19.1 Å². The molecule has 0 radical (unpaired) electrons. The largest absolute Gasteiger partial charge is 0.467 e. The summed E-state index contributed by atoms with van der Waals surface area (Å²) in [5, 5.41) is 5.63. The molecule has 2 N–H and O–H groups in total. The van der Waals surface area contributed by atoms with E-state index >= 15 is 0 Å². The number of esters is 1. The number of ether oxygens (including phenoxy) is 1. The fourth-order valence-corrected chi connectivity index (χ4v) is 3.52. The Morgan fingerprint density at radius 3 is 2.00 bits per heavy atom. The summed E-state index contributed by atoms with van der Waals surface area (Å²) in [5.74, 6) is -1.09. The van der Waals surface area contributed by atoms with E-state index in [0.717, 1.165) is 11.1 Å². The Balaban J connectivity index is 2.23. The minimum absolute atomic E-state index is 0.0238. The van der Waals surface area contributed by atoms with Gasteiger partial charge in [0, 0.05) is 12.0 Å². The lowest BCUT2D eigenvalue weighted by Gasteiger charge is -2.23. The summed E-state index contributed by atoms with van der Waals surface area (Å²) in [6.07, 6.45) is 0.743. The van der Waals surface area contributed by atoms with Crippen LogP contribution in [0, 0.1) is 5.92 Å². The van der Waals surface area contributed by atoms with Crippen molar-refractivity contribution in [3.05, 3.63) is 71.3 Å². The number of benzene rings is 2. The van der Waals surface area contributed by atoms with Gasteiger partial charge in [0.2, 0.25) is 5.91 Å². The zero-order valence-electron chi connectivity index (χ0n) is 20.5. The first-order valence-corrected chi connectivity index (χ1v) is 11.3. The van der Waals surface area contributed by atoms with Crippen molar-refractivity contribution in [3.63, 3.8) is 0 Å². The molecule has 0 aliphatic heterocycles. The fraction of sp³-hybridized carbons (Fsp3) is 0.444. The van der Waals surface area contributed by atoms with Crippen molar-refractivity contribution in [2.45, 2.75) is 65.0 Å².